The molecular formula is C14H21FN2S. The summed E-state index contributed by atoms with van der Waals surface area (Å²) in [6.45, 7) is 5.30. The Hall–Kier alpha value is -0.610. The van der Waals surface area contributed by atoms with Gasteiger partial charge in [-0.1, -0.05) is 6.92 Å². The summed E-state index contributed by atoms with van der Waals surface area (Å²) >= 11 is 1.96. The third-order valence-corrected chi connectivity index (χ3v) is 5.17. The molecule has 18 heavy (non-hydrogen) atoms. The molecule has 2 atom stereocenters. The van der Waals surface area contributed by atoms with E-state index in [1.165, 1.54) is 18.4 Å². The zero-order valence-corrected chi connectivity index (χ0v) is 11.9. The normalized spacial score (nSPS) is 25.3. The quantitative estimate of drug-likeness (QED) is 0.884. The average molecular weight is 268 g/mol. The Bertz CT molecular complexity index is 391. The second-order valence-corrected chi connectivity index (χ2v) is 6.68. The second kappa shape index (κ2) is 6.02. The largest absolute Gasteiger partial charge is 0.309 e. The summed E-state index contributed by atoms with van der Waals surface area (Å²) in [7, 11) is 0. The van der Waals surface area contributed by atoms with Crippen molar-refractivity contribution in [2.24, 2.45) is 0 Å². The molecule has 1 aliphatic heterocycles. The number of halogens is 1. The molecule has 1 aromatic heterocycles. The van der Waals surface area contributed by atoms with Gasteiger partial charge in [0.15, 0.2) is 0 Å². The van der Waals surface area contributed by atoms with Crippen LogP contribution in [0.2, 0.25) is 0 Å². The van der Waals surface area contributed by atoms with Gasteiger partial charge in [0, 0.05) is 22.5 Å². The van der Waals surface area contributed by atoms with Gasteiger partial charge in [0.05, 0.1) is 6.20 Å². The minimum absolute atomic E-state index is 0.0768. The predicted molar refractivity (Wildman–Crippen MR) is 75.3 cm³/mol. The molecular weight excluding hydrogens is 247 g/mol. The van der Waals surface area contributed by atoms with Crippen LogP contribution in [-0.2, 0) is 0 Å². The standard InChI is InChI=1S/C14H21FN2S/c1-3-7-17-13(14(2)6-4-9-18-14)11-5-8-16-10-12(11)15/h5,8,10,13,17H,3-4,6-7,9H2,1-2H3. The summed E-state index contributed by atoms with van der Waals surface area (Å²) in [5, 5.41) is 3.52. The highest BCUT2D eigenvalue weighted by Gasteiger charge is 2.39. The highest BCUT2D eigenvalue weighted by atomic mass is 32.2. The van der Waals surface area contributed by atoms with Crippen LogP contribution in [0.5, 0.6) is 0 Å². The summed E-state index contributed by atoms with van der Waals surface area (Å²) in [6, 6.07) is 1.89. The van der Waals surface area contributed by atoms with E-state index in [2.05, 4.69) is 24.1 Å². The van der Waals surface area contributed by atoms with Crippen LogP contribution in [0.1, 0.15) is 44.7 Å². The Morgan fingerprint density at radius 1 is 1.61 bits per heavy atom. The Balaban J connectivity index is 2.27. The lowest BCUT2D eigenvalue weighted by molar-refractivity contribution is 0.398. The van der Waals surface area contributed by atoms with Gasteiger partial charge in [-0.15, -0.1) is 0 Å². The van der Waals surface area contributed by atoms with Gasteiger partial charge < -0.3 is 5.32 Å². The Labute approximate surface area is 113 Å². The molecule has 0 aromatic carbocycles. The van der Waals surface area contributed by atoms with Crippen LogP contribution in [0.4, 0.5) is 4.39 Å². The molecule has 0 radical (unpaired) electrons. The fraction of sp³-hybridized carbons (Fsp3) is 0.643. The first-order chi connectivity index (χ1) is 8.67. The van der Waals surface area contributed by atoms with Crippen molar-refractivity contribution in [3.8, 4) is 0 Å². The fourth-order valence-electron chi connectivity index (χ4n) is 2.59. The van der Waals surface area contributed by atoms with Gasteiger partial charge in [-0.2, -0.15) is 11.8 Å². The van der Waals surface area contributed by atoms with Gasteiger partial charge in [0.2, 0.25) is 0 Å². The van der Waals surface area contributed by atoms with Crippen LogP contribution in [0, 0.1) is 5.82 Å². The molecule has 2 heterocycles. The van der Waals surface area contributed by atoms with Crippen molar-refractivity contribution in [1.29, 1.82) is 0 Å². The van der Waals surface area contributed by atoms with E-state index in [1.807, 2.05) is 17.8 Å². The van der Waals surface area contributed by atoms with Crippen molar-refractivity contribution in [3.63, 3.8) is 0 Å². The summed E-state index contributed by atoms with van der Waals surface area (Å²) in [5.41, 5.74) is 0.760. The predicted octanol–water partition coefficient (Wildman–Crippen LogP) is 3.55. The lowest BCUT2D eigenvalue weighted by Gasteiger charge is -2.34. The maximum atomic E-state index is 14.0. The number of pyridine rings is 1. The van der Waals surface area contributed by atoms with Crippen LogP contribution < -0.4 is 5.32 Å². The smallest absolute Gasteiger partial charge is 0.146 e. The molecule has 2 rings (SSSR count). The molecule has 1 aliphatic rings. The SMILES string of the molecule is CCCNC(c1ccncc1F)C1(C)CCCS1. The van der Waals surface area contributed by atoms with Gasteiger partial charge in [0.25, 0.3) is 0 Å². The highest BCUT2D eigenvalue weighted by molar-refractivity contribution is 8.00. The van der Waals surface area contributed by atoms with Crippen molar-refractivity contribution in [1.82, 2.24) is 10.3 Å². The molecule has 2 unspecified atom stereocenters. The van der Waals surface area contributed by atoms with E-state index in [0.717, 1.165) is 24.9 Å². The van der Waals surface area contributed by atoms with E-state index in [1.54, 1.807) is 6.20 Å². The minimum Gasteiger partial charge on any atom is -0.309 e. The average Bonchev–Trinajstić information content (AvgIpc) is 2.80. The molecule has 0 aliphatic carbocycles. The van der Waals surface area contributed by atoms with Crippen molar-refractivity contribution in [2.45, 2.75) is 43.9 Å². The number of rotatable bonds is 5. The molecule has 2 nitrogen and oxygen atoms in total. The molecule has 0 amide bonds. The summed E-state index contributed by atoms with van der Waals surface area (Å²) in [5.74, 6) is 0.980. The number of nitrogens with zero attached hydrogens (tertiary/aromatic N) is 1. The van der Waals surface area contributed by atoms with Crippen molar-refractivity contribution >= 4 is 11.8 Å². The zero-order valence-electron chi connectivity index (χ0n) is 11.1. The fourth-order valence-corrected chi connectivity index (χ4v) is 4.01. The maximum absolute atomic E-state index is 14.0. The lowest BCUT2D eigenvalue weighted by atomic mass is 9.90. The number of hydrogen-bond donors (Lipinski definition) is 1. The van der Waals surface area contributed by atoms with Gasteiger partial charge in [-0.25, -0.2) is 4.39 Å². The van der Waals surface area contributed by atoms with E-state index in [-0.39, 0.29) is 16.6 Å². The van der Waals surface area contributed by atoms with E-state index >= 15 is 0 Å². The Morgan fingerprint density at radius 3 is 3.06 bits per heavy atom. The maximum Gasteiger partial charge on any atom is 0.146 e. The Kier molecular flexibility index (Phi) is 4.62. The molecule has 4 heteroatoms. The summed E-state index contributed by atoms with van der Waals surface area (Å²) < 4.78 is 14.1. The van der Waals surface area contributed by atoms with Crippen LogP contribution >= 0.6 is 11.8 Å². The first-order valence-corrected chi connectivity index (χ1v) is 7.62. The van der Waals surface area contributed by atoms with Crippen molar-refractivity contribution in [2.75, 3.05) is 12.3 Å². The van der Waals surface area contributed by atoms with Gasteiger partial charge >= 0.3 is 0 Å². The van der Waals surface area contributed by atoms with Gasteiger partial charge in [0.1, 0.15) is 5.82 Å². The first kappa shape index (κ1) is 13.8. The van der Waals surface area contributed by atoms with Crippen molar-refractivity contribution in [3.05, 3.63) is 29.8 Å². The van der Waals surface area contributed by atoms with Crippen LogP contribution in [-0.4, -0.2) is 22.0 Å². The minimum atomic E-state index is -0.195. The third-order valence-electron chi connectivity index (χ3n) is 3.57. The number of aromatic nitrogens is 1. The Morgan fingerprint density at radius 2 is 2.44 bits per heavy atom. The molecule has 1 fully saturated rings. The monoisotopic (exact) mass is 268 g/mol. The summed E-state index contributed by atoms with van der Waals surface area (Å²) in [4.78, 5) is 3.85. The molecule has 1 N–H and O–H groups in total. The van der Waals surface area contributed by atoms with Gasteiger partial charge in [-0.3, -0.25) is 4.98 Å². The summed E-state index contributed by atoms with van der Waals surface area (Å²) in [6.07, 6.45) is 6.42. The molecule has 1 saturated heterocycles. The van der Waals surface area contributed by atoms with Crippen molar-refractivity contribution < 1.29 is 4.39 Å². The molecule has 1 aromatic rings. The van der Waals surface area contributed by atoms with E-state index in [9.17, 15) is 4.39 Å². The molecule has 0 saturated carbocycles. The lowest BCUT2D eigenvalue weighted by Crippen LogP contribution is -2.38. The number of nitrogens with one attached hydrogen (secondary N) is 1. The molecule has 0 spiro atoms. The zero-order chi connectivity index (χ0) is 13.0. The first-order valence-electron chi connectivity index (χ1n) is 6.64. The molecule has 0 bridgehead atoms. The number of hydrogen-bond acceptors (Lipinski definition) is 3. The van der Waals surface area contributed by atoms with E-state index in [0.29, 0.717) is 0 Å². The number of thioether (sulfide) groups is 1. The van der Waals surface area contributed by atoms with Crippen LogP contribution in [0.25, 0.3) is 0 Å². The van der Waals surface area contributed by atoms with Crippen LogP contribution in [0.3, 0.4) is 0 Å². The third kappa shape index (κ3) is 2.86. The topological polar surface area (TPSA) is 24.9 Å². The second-order valence-electron chi connectivity index (χ2n) is 5.05. The van der Waals surface area contributed by atoms with Gasteiger partial charge in [-0.05, 0) is 44.6 Å². The van der Waals surface area contributed by atoms with E-state index < -0.39 is 0 Å². The molecule has 100 valence electrons. The van der Waals surface area contributed by atoms with E-state index in [4.69, 9.17) is 0 Å². The highest BCUT2D eigenvalue weighted by Crippen LogP contribution is 2.46. The van der Waals surface area contributed by atoms with Crippen LogP contribution in [0.15, 0.2) is 18.5 Å².